The summed E-state index contributed by atoms with van der Waals surface area (Å²) in [5, 5.41) is 60.6. The summed E-state index contributed by atoms with van der Waals surface area (Å²) in [4.78, 5) is 14.6. The zero-order chi connectivity index (χ0) is 44.0. The van der Waals surface area contributed by atoms with Gasteiger partial charge in [-0.05, 0) is 117 Å². The number of ether oxygens (including phenoxy) is 7. The maximum Gasteiger partial charge on any atom is 0.311 e. The van der Waals surface area contributed by atoms with Gasteiger partial charge in [0.2, 0.25) is 5.79 Å². The van der Waals surface area contributed by atoms with Gasteiger partial charge in [-0.3, -0.25) is 4.79 Å². The van der Waals surface area contributed by atoms with Gasteiger partial charge in [-0.15, -0.1) is 0 Å². The van der Waals surface area contributed by atoms with E-state index in [0.29, 0.717) is 64.2 Å². The van der Waals surface area contributed by atoms with Crippen LogP contribution in [-0.2, 0) is 38.0 Å². The Balaban J connectivity index is 1.21. The van der Waals surface area contributed by atoms with Crippen molar-refractivity contribution < 1.29 is 63.5 Å². The molecule has 7 rings (SSSR count). The normalized spacial score (nSPS) is 57.1. The van der Waals surface area contributed by atoms with Crippen LogP contribution in [0.4, 0.5) is 0 Å². The van der Waals surface area contributed by atoms with E-state index in [1.165, 1.54) is 0 Å². The Labute approximate surface area is 358 Å². The minimum absolute atomic E-state index is 0.0395. The van der Waals surface area contributed by atoms with E-state index in [0.717, 1.165) is 12.8 Å². The molecule has 7 aliphatic rings. The van der Waals surface area contributed by atoms with Gasteiger partial charge in [-0.2, -0.15) is 0 Å². The lowest BCUT2D eigenvalue weighted by atomic mass is 9.76. The van der Waals surface area contributed by atoms with Crippen LogP contribution in [0.2, 0.25) is 0 Å². The van der Waals surface area contributed by atoms with Crippen LogP contribution in [0.25, 0.3) is 0 Å². The summed E-state index contributed by atoms with van der Waals surface area (Å²) in [5.41, 5.74) is -3.09. The van der Waals surface area contributed by atoms with Gasteiger partial charge in [0, 0.05) is 30.1 Å². The first-order chi connectivity index (χ1) is 27.9. The predicted octanol–water partition coefficient (Wildman–Crippen LogP) is 5.91. The summed E-state index contributed by atoms with van der Waals surface area (Å²) in [6.45, 7) is 21.3. The first-order valence-electron chi connectivity index (χ1n) is 23.7. The molecule has 0 aromatic rings. The highest BCUT2D eigenvalue weighted by Gasteiger charge is 2.68. The largest absolute Gasteiger partial charge is 0.454 e. The maximum absolute atomic E-state index is 14.6. The standard InChI is InChI=1S/C47H80O13/c1-12-37-42(9,50)19-18-38(55-37)43(10)23-29(6)47(53,60-43)44(11)20-17-35(57-44)40-46(52)28(5)21-26(3)36(59-46)24-45(51)27(4)14-16-34(58-45)30(7)33(48)22-32-15-13-25(2)39(54-32)31(8)41(49)56-40/h25-40,48,50-53H,12-24H2,1-11H3/t25-,26-,27-,28+,29+,30-,31-,32+,33+,34+,35-,36+,37-,38+,39-,40+,42+,43-,44-,45+,46+,47+/m0/s1. The zero-order valence-corrected chi connectivity index (χ0v) is 38.4. The molecule has 346 valence electrons. The summed E-state index contributed by atoms with van der Waals surface area (Å²) >= 11 is 0. The monoisotopic (exact) mass is 853 g/mol. The molecule has 7 aliphatic heterocycles. The summed E-state index contributed by atoms with van der Waals surface area (Å²) in [6, 6.07) is 0. The molecule has 22 atom stereocenters. The van der Waals surface area contributed by atoms with Gasteiger partial charge in [-0.1, -0.05) is 48.5 Å². The lowest BCUT2D eigenvalue weighted by Crippen LogP contribution is -2.64. The van der Waals surface area contributed by atoms with Gasteiger partial charge in [0.1, 0.15) is 11.7 Å². The number of hydrogen-bond acceptors (Lipinski definition) is 13. The van der Waals surface area contributed by atoms with E-state index in [1.807, 2.05) is 62.3 Å². The Morgan fingerprint density at radius 1 is 0.700 bits per heavy atom. The van der Waals surface area contributed by atoms with Crippen LogP contribution < -0.4 is 0 Å². The number of carbonyl (C=O) groups excluding carboxylic acids is 1. The van der Waals surface area contributed by atoms with Crippen molar-refractivity contribution in [2.24, 2.45) is 41.4 Å². The molecule has 0 saturated carbocycles. The maximum atomic E-state index is 14.6. The molecule has 0 aliphatic carbocycles. The van der Waals surface area contributed by atoms with Crippen LogP contribution in [0.5, 0.6) is 0 Å². The summed E-state index contributed by atoms with van der Waals surface area (Å²) in [5.74, 6) is -8.08. The molecule has 6 bridgehead atoms. The van der Waals surface area contributed by atoms with Gasteiger partial charge in [0.25, 0.3) is 0 Å². The van der Waals surface area contributed by atoms with Crippen molar-refractivity contribution in [1.82, 2.24) is 0 Å². The van der Waals surface area contributed by atoms with Gasteiger partial charge >= 0.3 is 5.97 Å². The number of fused-ring (bicyclic) bond motifs is 6. The predicted molar refractivity (Wildman–Crippen MR) is 221 cm³/mol. The van der Waals surface area contributed by atoms with Crippen molar-refractivity contribution in [1.29, 1.82) is 0 Å². The van der Waals surface area contributed by atoms with E-state index in [-0.39, 0.29) is 54.3 Å². The lowest BCUT2D eigenvalue weighted by molar-refractivity contribution is -0.374. The van der Waals surface area contributed by atoms with Gasteiger partial charge in [-0.25, -0.2) is 0 Å². The molecular weight excluding hydrogens is 773 g/mol. The van der Waals surface area contributed by atoms with Crippen molar-refractivity contribution in [3.63, 3.8) is 0 Å². The Hall–Kier alpha value is -0.970. The summed E-state index contributed by atoms with van der Waals surface area (Å²) in [6.07, 6.45) is 1.36. The van der Waals surface area contributed by atoms with Crippen molar-refractivity contribution in [3.8, 4) is 0 Å². The molecule has 0 aromatic carbocycles. The van der Waals surface area contributed by atoms with Crippen LogP contribution in [0.15, 0.2) is 0 Å². The second-order valence-corrected chi connectivity index (χ2v) is 21.9. The molecule has 7 fully saturated rings. The van der Waals surface area contributed by atoms with Gasteiger partial charge in [0.15, 0.2) is 17.7 Å². The third-order valence-corrected chi connectivity index (χ3v) is 17.1. The van der Waals surface area contributed by atoms with E-state index in [4.69, 9.17) is 33.2 Å². The van der Waals surface area contributed by atoms with E-state index in [1.54, 1.807) is 6.92 Å². The van der Waals surface area contributed by atoms with E-state index >= 15 is 0 Å². The molecule has 13 nitrogen and oxygen atoms in total. The highest BCUT2D eigenvalue weighted by atomic mass is 16.7. The van der Waals surface area contributed by atoms with Gasteiger partial charge < -0.3 is 58.7 Å². The molecule has 13 heteroatoms. The molecule has 5 N–H and O–H groups in total. The number of esters is 1. The van der Waals surface area contributed by atoms with Crippen molar-refractivity contribution >= 4 is 5.97 Å². The fourth-order valence-corrected chi connectivity index (χ4v) is 12.7. The zero-order valence-electron chi connectivity index (χ0n) is 38.4. The second kappa shape index (κ2) is 16.8. The Bertz CT molecular complexity index is 1530. The Kier molecular flexibility index (Phi) is 13.2. The highest BCUT2D eigenvalue weighted by Crippen LogP contribution is 2.56. The summed E-state index contributed by atoms with van der Waals surface area (Å²) < 4.78 is 46.8. The third-order valence-electron chi connectivity index (χ3n) is 17.1. The Morgan fingerprint density at radius 3 is 2.12 bits per heavy atom. The van der Waals surface area contributed by atoms with Crippen LogP contribution in [0.3, 0.4) is 0 Å². The molecule has 7 saturated heterocycles. The van der Waals surface area contributed by atoms with Crippen LogP contribution >= 0.6 is 0 Å². The molecule has 0 unspecified atom stereocenters. The molecule has 0 spiro atoms. The van der Waals surface area contributed by atoms with E-state index < -0.39 is 88.6 Å². The van der Waals surface area contributed by atoms with Crippen molar-refractivity contribution in [2.75, 3.05) is 0 Å². The second-order valence-electron chi connectivity index (χ2n) is 21.9. The van der Waals surface area contributed by atoms with E-state index in [2.05, 4.69) is 6.92 Å². The smallest absolute Gasteiger partial charge is 0.311 e. The minimum Gasteiger partial charge on any atom is -0.454 e. The first kappa shape index (κ1) is 47.0. The molecule has 7 heterocycles. The third kappa shape index (κ3) is 8.28. The number of aliphatic hydroxyl groups is 5. The van der Waals surface area contributed by atoms with Gasteiger partial charge in [0.05, 0.1) is 59.8 Å². The first-order valence-corrected chi connectivity index (χ1v) is 23.7. The van der Waals surface area contributed by atoms with Crippen LogP contribution in [0.1, 0.15) is 160 Å². The number of aliphatic hydroxyl groups excluding tert-OH is 1. The molecule has 0 radical (unpaired) electrons. The minimum atomic E-state index is -2.03. The number of cyclic esters (lactones) is 1. The molecular formula is C47H80O13. The Morgan fingerprint density at radius 2 is 1.42 bits per heavy atom. The number of rotatable bonds is 4. The average Bonchev–Trinajstić information content (AvgIpc) is 3.70. The molecule has 60 heavy (non-hydrogen) atoms. The lowest BCUT2D eigenvalue weighted by Gasteiger charge is -2.52. The van der Waals surface area contributed by atoms with Crippen LogP contribution in [-0.4, -0.2) is 121 Å². The fraction of sp³-hybridized carbons (Fsp3) is 0.979. The van der Waals surface area contributed by atoms with Crippen molar-refractivity contribution in [3.05, 3.63) is 0 Å². The van der Waals surface area contributed by atoms with Crippen LogP contribution in [0, 0.1) is 41.4 Å². The number of carbonyl (C=O) groups is 1. The average molecular weight is 853 g/mol. The summed E-state index contributed by atoms with van der Waals surface area (Å²) in [7, 11) is 0. The topological polar surface area (TPSA) is 183 Å². The quantitative estimate of drug-likeness (QED) is 0.211. The SMILES string of the molecule is CC[C@@H]1O[C@@H]([C@]2(C)C[C@@H](C)[C@](O)([C@]3(C)CC[C@@H]([C@H]4OC(=O)[C@@H](C)[C@H]5O[C@H](CC[C@@H]5C)C[C@@H](O)[C@H](C)[C@H]5CC[C@H](C)[C@@](O)(C[C@H]6O[C@]4(O)[C@H](C)C[C@@H]6C)O5)O3)O2)CC[C@@]1(C)O. The van der Waals surface area contributed by atoms with Crippen molar-refractivity contribution in [2.45, 2.75) is 249 Å². The molecule has 0 aromatic heterocycles. The van der Waals surface area contributed by atoms with E-state index in [9.17, 15) is 30.3 Å². The fourth-order valence-electron chi connectivity index (χ4n) is 12.7. The molecule has 0 amide bonds. The highest BCUT2D eigenvalue weighted by molar-refractivity contribution is 5.73. The number of hydrogen-bond donors (Lipinski definition) is 5.